The molecule has 1 aliphatic heterocycles. The van der Waals surface area contributed by atoms with Gasteiger partial charge in [-0.3, -0.25) is 14.4 Å². The molecule has 0 unspecified atom stereocenters. The SMILES string of the molecule is CC(=O)CCC(=O)N1Cc2ccccc2C[C@H]1C(=O)NCCCC[C@H](NC(=O)OC(C)(C)C)C(=O)NCC(c1ccccc1)c1ccccc1. The van der Waals surface area contributed by atoms with Crippen LogP contribution in [0.3, 0.4) is 0 Å². The molecule has 0 spiro atoms. The van der Waals surface area contributed by atoms with E-state index in [-0.39, 0.29) is 42.3 Å². The second-order valence-corrected chi connectivity index (χ2v) is 13.8. The first-order valence-electron chi connectivity index (χ1n) is 17.4. The number of Topliss-reactive ketones (excluding diaryl/α,β-unsaturated/α-hetero) is 1. The number of carbonyl (C=O) groups excluding carboxylic acids is 5. The Hall–Kier alpha value is -4.99. The number of rotatable bonds is 15. The van der Waals surface area contributed by atoms with Crippen LogP contribution in [0.15, 0.2) is 84.9 Å². The van der Waals surface area contributed by atoms with E-state index < -0.39 is 23.8 Å². The van der Waals surface area contributed by atoms with Gasteiger partial charge < -0.3 is 30.4 Å². The first kappa shape index (κ1) is 37.8. The molecule has 0 bridgehead atoms. The molecular weight excluding hydrogens is 632 g/mol. The second kappa shape index (κ2) is 18.1. The Kier molecular flexibility index (Phi) is 13.7. The molecule has 10 heteroatoms. The number of carbonyl (C=O) groups is 5. The van der Waals surface area contributed by atoms with Crippen molar-refractivity contribution in [1.29, 1.82) is 0 Å². The molecule has 0 saturated heterocycles. The summed E-state index contributed by atoms with van der Waals surface area (Å²) in [6.45, 7) is 7.71. The Morgan fingerprint density at radius 1 is 0.800 bits per heavy atom. The number of hydrogen-bond acceptors (Lipinski definition) is 6. The highest BCUT2D eigenvalue weighted by Gasteiger charge is 2.34. The van der Waals surface area contributed by atoms with Crippen molar-refractivity contribution in [2.45, 2.75) is 96.4 Å². The minimum atomic E-state index is -0.850. The van der Waals surface area contributed by atoms with Gasteiger partial charge in [0.15, 0.2) is 0 Å². The molecule has 4 amide bonds. The molecule has 0 radical (unpaired) electrons. The van der Waals surface area contributed by atoms with Gasteiger partial charge in [0.25, 0.3) is 0 Å². The zero-order valence-corrected chi connectivity index (χ0v) is 29.6. The van der Waals surface area contributed by atoms with Crippen LogP contribution in [0.4, 0.5) is 4.79 Å². The Morgan fingerprint density at radius 3 is 2.00 bits per heavy atom. The second-order valence-electron chi connectivity index (χ2n) is 13.8. The molecule has 2 atom stereocenters. The number of nitrogens with zero attached hydrogens (tertiary/aromatic N) is 1. The van der Waals surface area contributed by atoms with E-state index in [0.29, 0.717) is 45.3 Å². The molecule has 0 aliphatic carbocycles. The lowest BCUT2D eigenvalue weighted by Crippen LogP contribution is -2.52. The van der Waals surface area contributed by atoms with Crippen LogP contribution in [0, 0.1) is 0 Å². The van der Waals surface area contributed by atoms with Crippen molar-refractivity contribution < 1.29 is 28.7 Å². The predicted molar refractivity (Wildman–Crippen MR) is 192 cm³/mol. The highest BCUT2D eigenvalue weighted by molar-refractivity contribution is 5.90. The number of ether oxygens (including phenoxy) is 1. The van der Waals surface area contributed by atoms with Crippen molar-refractivity contribution in [2.75, 3.05) is 13.1 Å². The van der Waals surface area contributed by atoms with Gasteiger partial charge in [0.1, 0.15) is 23.5 Å². The summed E-state index contributed by atoms with van der Waals surface area (Å²) in [7, 11) is 0. The molecule has 266 valence electrons. The van der Waals surface area contributed by atoms with Crippen LogP contribution in [-0.4, -0.2) is 65.3 Å². The summed E-state index contributed by atoms with van der Waals surface area (Å²) < 4.78 is 5.46. The fourth-order valence-corrected chi connectivity index (χ4v) is 6.09. The summed E-state index contributed by atoms with van der Waals surface area (Å²) in [6, 6.07) is 26.1. The smallest absolute Gasteiger partial charge is 0.408 e. The Labute approximate surface area is 295 Å². The summed E-state index contributed by atoms with van der Waals surface area (Å²) in [5.41, 5.74) is 3.40. The number of fused-ring (bicyclic) bond motifs is 1. The lowest BCUT2D eigenvalue weighted by atomic mass is 9.91. The zero-order valence-electron chi connectivity index (χ0n) is 29.6. The third-order valence-corrected chi connectivity index (χ3v) is 8.67. The molecule has 3 aromatic carbocycles. The van der Waals surface area contributed by atoms with E-state index in [1.54, 1.807) is 25.7 Å². The standard InChI is InChI=1S/C40H50N4O6/c1-28(45)22-23-36(46)44-27-32-20-12-11-19-31(32)25-35(44)38(48)41-24-14-13-21-34(43-39(49)50-40(2,3)4)37(47)42-26-33(29-15-7-5-8-16-29)30-17-9-6-10-18-30/h5-12,15-20,33-35H,13-14,21-27H2,1-4H3,(H,41,48)(H,42,47)(H,43,49)/t34-,35-/m0/s1. The quantitative estimate of drug-likeness (QED) is 0.183. The van der Waals surface area contributed by atoms with E-state index >= 15 is 0 Å². The first-order chi connectivity index (χ1) is 23.9. The molecule has 3 aromatic rings. The van der Waals surface area contributed by atoms with Gasteiger partial charge in [0.2, 0.25) is 17.7 Å². The number of alkyl carbamates (subject to hydrolysis) is 1. The number of amides is 4. The summed E-state index contributed by atoms with van der Waals surface area (Å²) in [6.07, 6.45) is 1.31. The van der Waals surface area contributed by atoms with Gasteiger partial charge in [-0.1, -0.05) is 84.9 Å². The Morgan fingerprint density at radius 2 is 1.40 bits per heavy atom. The topological polar surface area (TPSA) is 134 Å². The van der Waals surface area contributed by atoms with Crippen molar-refractivity contribution >= 4 is 29.6 Å². The van der Waals surface area contributed by atoms with Crippen LogP contribution in [-0.2, 0) is 36.9 Å². The van der Waals surface area contributed by atoms with E-state index in [1.165, 1.54) is 6.92 Å². The van der Waals surface area contributed by atoms with E-state index in [9.17, 15) is 24.0 Å². The van der Waals surface area contributed by atoms with E-state index in [0.717, 1.165) is 22.3 Å². The first-order valence-corrected chi connectivity index (χ1v) is 17.4. The summed E-state index contributed by atoms with van der Waals surface area (Å²) >= 11 is 0. The van der Waals surface area contributed by atoms with Gasteiger partial charge in [-0.15, -0.1) is 0 Å². The summed E-state index contributed by atoms with van der Waals surface area (Å²) in [5, 5.41) is 8.77. The van der Waals surface area contributed by atoms with Crippen LogP contribution in [0.25, 0.3) is 0 Å². The van der Waals surface area contributed by atoms with Crippen molar-refractivity contribution in [3.05, 3.63) is 107 Å². The largest absolute Gasteiger partial charge is 0.444 e. The zero-order chi connectivity index (χ0) is 36.1. The minimum Gasteiger partial charge on any atom is -0.444 e. The average molecular weight is 683 g/mol. The third kappa shape index (κ3) is 11.6. The third-order valence-electron chi connectivity index (χ3n) is 8.67. The maximum atomic E-state index is 13.6. The molecule has 0 aromatic heterocycles. The summed E-state index contributed by atoms with van der Waals surface area (Å²) in [4.78, 5) is 65.9. The van der Waals surface area contributed by atoms with E-state index in [4.69, 9.17) is 4.74 Å². The number of nitrogens with one attached hydrogen (secondary N) is 3. The van der Waals surface area contributed by atoms with Crippen LogP contribution in [0.2, 0.25) is 0 Å². The van der Waals surface area contributed by atoms with Crippen molar-refractivity contribution in [3.63, 3.8) is 0 Å². The number of benzene rings is 3. The van der Waals surface area contributed by atoms with Crippen LogP contribution >= 0.6 is 0 Å². The Bertz CT molecular complexity index is 1570. The van der Waals surface area contributed by atoms with Crippen molar-refractivity contribution in [3.8, 4) is 0 Å². The molecule has 4 rings (SSSR count). The normalized spacial score (nSPS) is 14.7. The van der Waals surface area contributed by atoms with E-state index in [2.05, 4.69) is 16.0 Å². The number of hydrogen-bond donors (Lipinski definition) is 3. The molecular formula is C40H50N4O6. The Balaban J connectivity index is 1.36. The number of unbranched alkanes of at least 4 members (excludes halogenated alkanes) is 1. The number of ketones is 1. The van der Waals surface area contributed by atoms with Gasteiger partial charge >= 0.3 is 6.09 Å². The summed E-state index contributed by atoms with van der Waals surface area (Å²) in [5.74, 6) is -0.961. The molecule has 3 N–H and O–H groups in total. The molecule has 0 fully saturated rings. The fourth-order valence-electron chi connectivity index (χ4n) is 6.09. The van der Waals surface area contributed by atoms with Gasteiger partial charge in [0.05, 0.1) is 0 Å². The highest BCUT2D eigenvalue weighted by atomic mass is 16.6. The molecule has 1 aliphatic rings. The molecule has 50 heavy (non-hydrogen) atoms. The maximum Gasteiger partial charge on any atom is 0.408 e. The fraction of sp³-hybridized carbons (Fsp3) is 0.425. The van der Waals surface area contributed by atoms with Gasteiger partial charge in [-0.2, -0.15) is 0 Å². The highest BCUT2D eigenvalue weighted by Crippen LogP contribution is 2.25. The molecule has 1 heterocycles. The molecule has 0 saturated carbocycles. The van der Waals surface area contributed by atoms with E-state index in [1.807, 2.05) is 84.9 Å². The monoisotopic (exact) mass is 682 g/mol. The lowest BCUT2D eigenvalue weighted by molar-refractivity contribution is -0.142. The lowest BCUT2D eigenvalue weighted by Gasteiger charge is -2.36. The van der Waals surface area contributed by atoms with Crippen LogP contribution < -0.4 is 16.0 Å². The van der Waals surface area contributed by atoms with Gasteiger partial charge in [-0.25, -0.2) is 4.79 Å². The minimum absolute atomic E-state index is 0.0623. The van der Waals surface area contributed by atoms with Crippen LogP contribution in [0.1, 0.15) is 88.0 Å². The van der Waals surface area contributed by atoms with Crippen LogP contribution in [0.5, 0.6) is 0 Å². The van der Waals surface area contributed by atoms with Crippen molar-refractivity contribution in [2.24, 2.45) is 0 Å². The average Bonchev–Trinajstić information content (AvgIpc) is 3.09. The van der Waals surface area contributed by atoms with Gasteiger partial charge in [0, 0.05) is 44.8 Å². The predicted octanol–water partition coefficient (Wildman–Crippen LogP) is 5.44. The van der Waals surface area contributed by atoms with Gasteiger partial charge in [-0.05, 0) is 69.2 Å². The molecule has 10 nitrogen and oxygen atoms in total. The van der Waals surface area contributed by atoms with Crippen molar-refractivity contribution in [1.82, 2.24) is 20.9 Å². The maximum absolute atomic E-state index is 13.6.